The topological polar surface area (TPSA) is 79.6 Å². The molecule has 0 radical (unpaired) electrons. The molecule has 7 heteroatoms. The van der Waals surface area contributed by atoms with Gasteiger partial charge in [-0.15, -0.1) is 0 Å². The van der Waals surface area contributed by atoms with Crippen LogP contribution in [0.4, 0.5) is 4.79 Å². The number of carbonyl (C=O) groups is 1. The molecule has 1 saturated heterocycles. The third-order valence-electron chi connectivity index (χ3n) is 4.79. The van der Waals surface area contributed by atoms with Crippen LogP contribution >= 0.6 is 0 Å². The number of benzene rings is 1. The molecule has 0 saturated carbocycles. The number of para-hydroxylation sites is 1. The van der Waals surface area contributed by atoms with E-state index in [9.17, 15) is 9.90 Å². The monoisotopic (exact) mass is 358 g/mol. The molecule has 2 N–H and O–H groups in total. The highest BCUT2D eigenvalue weighted by atomic mass is 16.5. The minimum Gasteiger partial charge on any atom is -0.492 e. The van der Waals surface area contributed by atoms with Crippen LogP contribution in [0, 0.1) is 5.92 Å². The summed E-state index contributed by atoms with van der Waals surface area (Å²) in [4.78, 5) is 18.3. The predicted octanol–water partition coefficient (Wildman–Crippen LogP) is 1.95. The normalized spacial score (nSPS) is 16.3. The van der Waals surface area contributed by atoms with Crippen LogP contribution in [0.25, 0.3) is 0 Å². The molecule has 1 fully saturated rings. The van der Waals surface area contributed by atoms with Crippen LogP contribution in [-0.2, 0) is 7.05 Å². The minimum absolute atomic E-state index is 0.0772. The number of imidazole rings is 1. The molecule has 7 nitrogen and oxygen atoms in total. The molecule has 1 atom stereocenters. The molecule has 2 amide bonds. The second-order valence-electron chi connectivity index (χ2n) is 6.56. The number of aliphatic hydroxyl groups is 1. The lowest BCUT2D eigenvalue weighted by molar-refractivity contribution is 0.0583. The van der Waals surface area contributed by atoms with Crippen LogP contribution in [0.3, 0.4) is 0 Å². The van der Waals surface area contributed by atoms with Crippen molar-refractivity contribution in [2.45, 2.75) is 18.9 Å². The number of hydrogen-bond donors (Lipinski definition) is 2. The van der Waals surface area contributed by atoms with Crippen molar-refractivity contribution in [3.05, 3.63) is 48.5 Å². The number of aryl methyl sites for hydroxylation is 1. The van der Waals surface area contributed by atoms with Gasteiger partial charge in [0.15, 0.2) is 0 Å². The maximum Gasteiger partial charge on any atom is 0.317 e. The van der Waals surface area contributed by atoms with Crippen molar-refractivity contribution in [2.75, 3.05) is 26.2 Å². The van der Waals surface area contributed by atoms with Gasteiger partial charge in [0.1, 0.15) is 24.3 Å². The third kappa shape index (κ3) is 4.54. The van der Waals surface area contributed by atoms with E-state index >= 15 is 0 Å². The lowest BCUT2D eigenvalue weighted by Crippen LogP contribution is -2.46. The fraction of sp³-hybridized carbons (Fsp3) is 0.474. The highest BCUT2D eigenvalue weighted by Crippen LogP contribution is 2.29. The molecule has 2 aromatic rings. The van der Waals surface area contributed by atoms with Gasteiger partial charge in [-0.2, -0.15) is 0 Å². The van der Waals surface area contributed by atoms with Crippen LogP contribution < -0.4 is 10.1 Å². The Labute approximate surface area is 153 Å². The molecule has 1 aromatic carbocycles. The summed E-state index contributed by atoms with van der Waals surface area (Å²) in [6.45, 7) is 2.17. The Morgan fingerprint density at radius 2 is 2.08 bits per heavy atom. The smallest absolute Gasteiger partial charge is 0.317 e. The molecule has 140 valence electrons. The summed E-state index contributed by atoms with van der Waals surface area (Å²) in [6, 6.07) is 9.46. The Kier molecular flexibility index (Phi) is 6.12. The number of nitrogens with one attached hydrogen (secondary N) is 1. The highest BCUT2D eigenvalue weighted by Gasteiger charge is 2.29. The number of aliphatic hydroxyl groups excluding tert-OH is 1. The van der Waals surface area contributed by atoms with Gasteiger partial charge in [-0.25, -0.2) is 9.78 Å². The van der Waals surface area contributed by atoms with Crippen LogP contribution in [0.2, 0.25) is 0 Å². The van der Waals surface area contributed by atoms with E-state index in [4.69, 9.17) is 4.74 Å². The van der Waals surface area contributed by atoms with E-state index in [2.05, 4.69) is 10.3 Å². The average Bonchev–Trinajstić information content (AvgIpc) is 3.11. The van der Waals surface area contributed by atoms with Gasteiger partial charge in [0.05, 0.1) is 6.54 Å². The number of amides is 2. The van der Waals surface area contributed by atoms with Crippen molar-refractivity contribution >= 4 is 6.03 Å². The van der Waals surface area contributed by atoms with Gasteiger partial charge in [-0.3, -0.25) is 0 Å². The Morgan fingerprint density at radius 1 is 1.35 bits per heavy atom. The third-order valence-corrected chi connectivity index (χ3v) is 4.79. The van der Waals surface area contributed by atoms with Crippen LogP contribution in [0.1, 0.15) is 24.8 Å². The van der Waals surface area contributed by atoms with E-state index in [0.717, 1.165) is 18.6 Å². The maximum absolute atomic E-state index is 12.2. The van der Waals surface area contributed by atoms with E-state index in [1.807, 2.05) is 48.1 Å². The molecule has 1 aliphatic heterocycles. The standard InChI is InChI=1S/C19H26N4O3/c1-22-13-9-20-18(22)17(24)15-7-11-23(12-8-15)19(25)21-10-14-26-16-5-3-2-4-6-16/h2-6,9,13,15,17,24H,7-8,10-12,14H2,1H3,(H,21,25)/t17-/m1/s1. The lowest BCUT2D eigenvalue weighted by atomic mass is 9.91. The average molecular weight is 358 g/mol. The van der Waals surface area contributed by atoms with Crippen molar-refractivity contribution < 1.29 is 14.6 Å². The van der Waals surface area contributed by atoms with Gasteiger partial charge in [-0.05, 0) is 30.9 Å². The molecule has 0 unspecified atom stereocenters. The van der Waals surface area contributed by atoms with Crippen molar-refractivity contribution in [1.82, 2.24) is 19.8 Å². The molecule has 2 heterocycles. The number of rotatable bonds is 6. The van der Waals surface area contributed by atoms with E-state index in [1.165, 1.54) is 0 Å². The molecule has 0 bridgehead atoms. The fourth-order valence-electron chi connectivity index (χ4n) is 3.25. The zero-order chi connectivity index (χ0) is 18.4. The SMILES string of the molecule is Cn1ccnc1[C@H](O)C1CCN(C(=O)NCCOc2ccccc2)CC1. The van der Waals surface area contributed by atoms with Crippen molar-refractivity contribution in [3.8, 4) is 5.75 Å². The summed E-state index contributed by atoms with van der Waals surface area (Å²) >= 11 is 0. The number of carbonyl (C=O) groups excluding carboxylic acids is 1. The molecular weight excluding hydrogens is 332 g/mol. The van der Waals surface area contributed by atoms with Gasteiger partial charge in [0, 0.05) is 32.5 Å². The highest BCUT2D eigenvalue weighted by molar-refractivity contribution is 5.74. The zero-order valence-corrected chi connectivity index (χ0v) is 15.0. The number of nitrogens with zero attached hydrogens (tertiary/aromatic N) is 3. The van der Waals surface area contributed by atoms with E-state index in [0.29, 0.717) is 32.1 Å². The summed E-state index contributed by atoms with van der Waals surface area (Å²) in [5.41, 5.74) is 0. The van der Waals surface area contributed by atoms with Crippen LogP contribution in [-0.4, -0.2) is 51.8 Å². The molecule has 3 rings (SSSR count). The summed E-state index contributed by atoms with van der Waals surface area (Å²) < 4.78 is 7.41. The van der Waals surface area contributed by atoms with Gasteiger partial charge >= 0.3 is 6.03 Å². The number of likely N-dealkylation sites (tertiary alicyclic amines) is 1. The zero-order valence-electron chi connectivity index (χ0n) is 15.0. The van der Waals surface area contributed by atoms with Crippen LogP contribution in [0.5, 0.6) is 5.75 Å². The summed E-state index contributed by atoms with van der Waals surface area (Å²) in [6.07, 6.45) is 4.47. The first-order valence-electron chi connectivity index (χ1n) is 9.01. The predicted molar refractivity (Wildman–Crippen MR) is 97.8 cm³/mol. The van der Waals surface area contributed by atoms with E-state index in [-0.39, 0.29) is 11.9 Å². The quantitative estimate of drug-likeness (QED) is 0.774. The number of urea groups is 1. The van der Waals surface area contributed by atoms with Crippen molar-refractivity contribution in [1.29, 1.82) is 0 Å². The van der Waals surface area contributed by atoms with Gasteiger partial charge in [0.25, 0.3) is 0 Å². The molecule has 26 heavy (non-hydrogen) atoms. The van der Waals surface area contributed by atoms with Crippen molar-refractivity contribution in [3.63, 3.8) is 0 Å². The number of ether oxygens (including phenoxy) is 1. The number of hydrogen-bond acceptors (Lipinski definition) is 4. The largest absolute Gasteiger partial charge is 0.492 e. The van der Waals surface area contributed by atoms with Gasteiger partial charge in [-0.1, -0.05) is 18.2 Å². The molecular formula is C19H26N4O3. The summed E-state index contributed by atoms with van der Waals surface area (Å²) in [5.74, 6) is 1.61. The second-order valence-corrected chi connectivity index (χ2v) is 6.56. The Bertz CT molecular complexity index is 696. The first kappa shape index (κ1) is 18.3. The minimum atomic E-state index is -0.584. The Hall–Kier alpha value is -2.54. The van der Waals surface area contributed by atoms with Gasteiger partial charge < -0.3 is 24.6 Å². The fourth-order valence-corrected chi connectivity index (χ4v) is 3.25. The first-order valence-corrected chi connectivity index (χ1v) is 9.01. The molecule has 0 spiro atoms. The molecule has 0 aliphatic carbocycles. The number of aromatic nitrogens is 2. The molecule has 1 aromatic heterocycles. The maximum atomic E-state index is 12.2. The lowest BCUT2D eigenvalue weighted by Gasteiger charge is -2.34. The van der Waals surface area contributed by atoms with Crippen molar-refractivity contribution in [2.24, 2.45) is 13.0 Å². The second kappa shape index (κ2) is 8.71. The van der Waals surface area contributed by atoms with E-state index < -0.39 is 6.10 Å². The molecule has 1 aliphatic rings. The van der Waals surface area contributed by atoms with E-state index in [1.54, 1.807) is 11.1 Å². The summed E-state index contributed by atoms with van der Waals surface area (Å²) in [5, 5.41) is 13.4. The number of piperidine rings is 1. The van der Waals surface area contributed by atoms with Gasteiger partial charge in [0.2, 0.25) is 0 Å². The Balaban J connectivity index is 1.37. The first-order chi connectivity index (χ1) is 12.6. The summed E-state index contributed by atoms with van der Waals surface area (Å²) in [7, 11) is 1.88. The Morgan fingerprint density at radius 3 is 2.73 bits per heavy atom. The van der Waals surface area contributed by atoms with Crippen LogP contribution in [0.15, 0.2) is 42.7 Å².